The molecule has 1 aliphatic rings. The molecule has 3 rings (SSSR count). The molecular weight excluding hydrogens is 338 g/mol. The van der Waals surface area contributed by atoms with Gasteiger partial charge in [0.15, 0.2) is 0 Å². The maximum atomic E-state index is 12.6. The molecule has 25 heavy (non-hydrogen) atoms. The molecule has 0 aromatic heterocycles. The van der Waals surface area contributed by atoms with Crippen LogP contribution in [-0.2, 0) is 0 Å². The summed E-state index contributed by atoms with van der Waals surface area (Å²) in [7, 11) is 0. The lowest BCUT2D eigenvalue weighted by molar-refractivity contribution is 0.0698. The van der Waals surface area contributed by atoms with E-state index in [0.29, 0.717) is 5.56 Å². The summed E-state index contributed by atoms with van der Waals surface area (Å²) in [6, 6.07) is 11.9. The number of anilines is 1. The number of carbonyl (C=O) groups excluding carboxylic acids is 1. The summed E-state index contributed by atoms with van der Waals surface area (Å²) in [5, 5.41) is 12.1. The van der Waals surface area contributed by atoms with Gasteiger partial charge in [-0.25, -0.2) is 4.79 Å². The third-order valence-electron chi connectivity index (χ3n) is 4.27. The number of carboxylic acid groups (broad SMARTS) is 1. The molecule has 0 aliphatic heterocycles. The Labute approximate surface area is 151 Å². The second-order valence-corrected chi connectivity index (χ2v) is 6.38. The van der Waals surface area contributed by atoms with Crippen molar-refractivity contribution in [3.63, 3.8) is 0 Å². The fraction of sp³-hybridized carbons (Fsp3) is 0.200. The van der Waals surface area contributed by atoms with E-state index in [4.69, 9.17) is 11.6 Å². The fourth-order valence-electron chi connectivity index (χ4n) is 2.98. The van der Waals surface area contributed by atoms with E-state index in [9.17, 15) is 14.7 Å². The summed E-state index contributed by atoms with van der Waals surface area (Å²) >= 11 is 6.07. The summed E-state index contributed by atoms with van der Waals surface area (Å²) in [5.41, 5.74) is 2.84. The summed E-state index contributed by atoms with van der Waals surface area (Å²) in [5.74, 6) is -1.52. The minimum Gasteiger partial charge on any atom is -0.478 e. The summed E-state index contributed by atoms with van der Waals surface area (Å²) in [6.45, 7) is 0. The maximum absolute atomic E-state index is 12.6. The number of hydrogen-bond acceptors (Lipinski definition) is 2. The number of carboxylic acids is 1. The Bertz CT molecular complexity index is 858. The number of halogens is 1. The number of carbonyl (C=O) groups is 2. The largest absolute Gasteiger partial charge is 0.478 e. The van der Waals surface area contributed by atoms with Crippen LogP contribution in [0.1, 0.15) is 52.0 Å². The number of amides is 1. The van der Waals surface area contributed by atoms with E-state index in [1.54, 1.807) is 12.1 Å². The van der Waals surface area contributed by atoms with Gasteiger partial charge in [0.1, 0.15) is 0 Å². The second kappa shape index (κ2) is 7.53. The van der Waals surface area contributed by atoms with Gasteiger partial charge in [-0.05, 0) is 61.1 Å². The average molecular weight is 356 g/mol. The number of allylic oxidation sites excluding steroid dienone is 2. The third-order valence-corrected chi connectivity index (χ3v) is 4.58. The minimum absolute atomic E-state index is 0.0352. The third kappa shape index (κ3) is 3.91. The smallest absolute Gasteiger partial charge is 0.337 e. The molecule has 0 atom stereocenters. The van der Waals surface area contributed by atoms with Gasteiger partial charge >= 0.3 is 5.97 Å². The molecule has 0 unspecified atom stereocenters. The van der Waals surface area contributed by atoms with Gasteiger partial charge < -0.3 is 10.4 Å². The highest BCUT2D eigenvalue weighted by Crippen LogP contribution is 2.29. The van der Waals surface area contributed by atoms with Crippen molar-refractivity contribution < 1.29 is 14.7 Å². The van der Waals surface area contributed by atoms with Crippen LogP contribution >= 0.6 is 11.6 Å². The van der Waals surface area contributed by atoms with Gasteiger partial charge in [-0.15, -0.1) is 0 Å². The lowest BCUT2D eigenvalue weighted by atomic mass is 9.93. The zero-order valence-electron chi connectivity index (χ0n) is 13.6. The Morgan fingerprint density at radius 3 is 2.60 bits per heavy atom. The van der Waals surface area contributed by atoms with Crippen molar-refractivity contribution >= 4 is 34.7 Å². The average Bonchev–Trinajstić information content (AvgIpc) is 2.64. The number of hydrogen-bond donors (Lipinski definition) is 2. The Kier molecular flexibility index (Phi) is 5.19. The van der Waals surface area contributed by atoms with Crippen LogP contribution in [0.25, 0.3) is 5.57 Å². The molecule has 0 spiro atoms. The van der Waals surface area contributed by atoms with Crippen LogP contribution in [0.4, 0.5) is 5.69 Å². The molecular formula is C20H18ClNO3. The monoisotopic (exact) mass is 355 g/mol. The topological polar surface area (TPSA) is 66.4 Å². The minimum atomic E-state index is -1.14. The van der Waals surface area contributed by atoms with Crippen LogP contribution in [0.5, 0.6) is 0 Å². The lowest BCUT2D eigenvalue weighted by Crippen LogP contribution is -2.15. The van der Waals surface area contributed by atoms with Crippen molar-refractivity contribution in [2.75, 3.05) is 5.32 Å². The van der Waals surface area contributed by atoms with Crippen molar-refractivity contribution in [2.24, 2.45) is 0 Å². The molecule has 0 heterocycles. The predicted molar refractivity (Wildman–Crippen MR) is 99.3 cm³/mol. The van der Waals surface area contributed by atoms with Crippen LogP contribution in [0.2, 0.25) is 5.02 Å². The molecule has 0 saturated heterocycles. The second-order valence-electron chi connectivity index (χ2n) is 5.98. The predicted octanol–water partition coefficient (Wildman–Crippen LogP) is 5.25. The molecule has 2 aromatic carbocycles. The molecule has 5 heteroatoms. The zero-order valence-corrected chi connectivity index (χ0v) is 14.3. The first-order chi connectivity index (χ1) is 12.1. The van der Waals surface area contributed by atoms with E-state index in [2.05, 4.69) is 11.4 Å². The van der Waals surface area contributed by atoms with E-state index < -0.39 is 5.97 Å². The van der Waals surface area contributed by atoms with Crippen LogP contribution in [0.3, 0.4) is 0 Å². The Morgan fingerprint density at radius 2 is 1.88 bits per heavy atom. The van der Waals surface area contributed by atoms with Crippen molar-refractivity contribution in [2.45, 2.75) is 25.7 Å². The maximum Gasteiger partial charge on any atom is 0.337 e. The zero-order chi connectivity index (χ0) is 17.8. The van der Waals surface area contributed by atoms with Gasteiger partial charge in [-0.1, -0.05) is 35.9 Å². The quantitative estimate of drug-likeness (QED) is 0.787. The lowest BCUT2D eigenvalue weighted by Gasteiger charge is -2.14. The van der Waals surface area contributed by atoms with Gasteiger partial charge in [0.05, 0.1) is 16.3 Å². The number of nitrogens with one attached hydrogen (secondary N) is 1. The molecule has 0 saturated carbocycles. The SMILES string of the molecule is O=C(Nc1c(Cl)cccc1C(=O)O)c1cccc(C2=CCCCC2)c1. The fourth-order valence-corrected chi connectivity index (χ4v) is 3.20. The van der Waals surface area contributed by atoms with Gasteiger partial charge in [0, 0.05) is 5.56 Å². The molecule has 2 N–H and O–H groups in total. The molecule has 0 radical (unpaired) electrons. The van der Waals surface area contributed by atoms with E-state index in [-0.39, 0.29) is 22.2 Å². The molecule has 2 aromatic rings. The number of para-hydroxylation sites is 1. The summed E-state index contributed by atoms with van der Waals surface area (Å²) in [6.07, 6.45) is 6.65. The van der Waals surface area contributed by atoms with Crippen molar-refractivity contribution in [3.05, 3.63) is 70.3 Å². The molecule has 1 amide bonds. The molecule has 128 valence electrons. The highest BCUT2D eigenvalue weighted by atomic mass is 35.5. The Hall–Kier alpha value is -2.59. The number of rotatable bonds is 4. The van der Waals surface area contributed by atoms with E-state index in [1.807, 2.05) is 18.2 Å². The molecule has 4 nitrogen and oxygen atoms in total. The number of aromatic carboxylic acids is 1. The summed E-state index contributed by atoms with van der Waals surface area (Å²) < 4.78 is 0. The van der Waals surface area contributed by atoms with E-state index in [0.717, 1.165) is 24.8 Å². The first kappa shape index (κ1) is 17.2. The van der Waals surface area contributed by atoms with Crippen LogP contribution in [0, 0.1) is 0 Å². The Morgan fingerprint density at radius 1 is 1.08 bits per heavy atom. The number of benzene rings is 2. The normalized spacial score (nSPS) is 13.9. The highest BCUT2D eigenvalue weighted by molar-refractivity contribution is 6.34. The summed E-state index contributed by atoms with van der Waals surface area (Å²) in [4.78, 5) is 23.9. The first-order valence-corrected chi connectivity index (χ1v) is 8.56. The standard InChI is InChI=1S/C20H18ClNO3/c21-17-11-5-10-16(20(24)25)18(17)22-19(23)15-9-4-8-14(12-15)13-6-2-1-3-7-13/h4-6,8-12H,1-3,7H2,(H,22,23)(H,24,25). The molecule has 0 bridgehead atoms. The van der Waals surface area contributed by atoms with Crippen molar-refractivity contribution in [1.82, 2.24) is 0 Å². The molecule has 1 aliphatic carbocycles. The van der Waals surface area contributed by atoms with Crippen LogP contribution in [0.15, 0.2) is 48.5 Å². The first-order valence-electron chi connectivity index (χ1n) is 8.19. The molecule has 0 fully saturated rings. The van der Waals surface area contributed by atoms with E-state index in [1.165, 1.54) is 24.1 Å². The van der Waals surface area contributed by atoms with E-state index >= 15 is 0 Å². The highest BCUT2D eigenvalue weighted by Gasteiger charge is 2.17. The van der Waals surface area contributed by atoms with Crippen LogP contribution in [-0.4, -0.2) is 17.0 Å². The van der Waals surface area contributed by atoms with Crippen LogP contribution < -0.4 is 5.32 Å². The van der Waals surface area contributed by atoms with Gasteiger partial charge in [0.25, 0.3) is 5.91 Å². The van der Waals surface area contributed by atoms with Crippen molar-refractivity contribution in [1.29, 1.82) is 0 Å². The van der Waals surface area contributed by atoms with Gasteiger partial charge in [-0.3, -0.25) is 4.79 Å². The van der Waals surface area contributed by atoms with Gasteiger partial charge in [-0.2, -0.15) is 0 Å². The van der Waals surface area contributed by atoms with Crippen molar-refractivity contribution in [3.8, 4) is 0 Å². The Balaban J connectivity index is 1.88. The van der Waals surface area contributed by atoms with Gasteiger partial charge in [0.2, 0.25) is 0 Å².